The van der Waals surface area contributed by atoms with E-state index in [9.17, 15) is 30.7 Å². The first-order valence-electron chi connectivity index (χ1n) is 2.70. The Balaban J connectivity index is 4.23. The Morgan fingerprint density at radius 3 is 1.75 bits per heavy atom. The zero-order chi connectivity index (χ0) is 9.99. The van der Waals surface area contributed by atoms with Crippen molar-refractivity contribution < 1.29 is 30.7 Å². The van der Waals surface area contributed by atoms with Gasteiger partial charge in [0.2, 0.25) is 6.67 Å². The van der Waals surface area contributed by atoms with Crippen LogP contribution in [-0.4, -0.2) is 18.3 Å². The van der Waals surface area contributed by atoms with Crippen LogP contribution in [0.25, 0.3) is 0 Å². The first-order chi connectivity index (χ1) is 5.21. The van der Waals surface area contributed by atoms with Gasteiger partial charge in [-0.05, 0) is 0 Å². The molecule has 0 heterocycles. The fraction of sp³-hybridized carbons (Fsp3) is 0.800. The Hall–Kier alpha value is -0.490. The predicted molar refractivity (Wildman–Crippen MR) is 25.9 cm³/mol. The summed E-state index contributed by atoms with van der Waals surface area (Å²) >= 11 is 0. The van der Waals surface area contributed by atoms with Crippen molar-refractivity contribution in [3.8, 4) is 0 Å². The second-order valence-corrected chi connectivity index (χ2v) is 2.11. The van der Waals surface area contributed by atoms with Crippen LogP contribution in [0.3, 0.4) is 0 Å². The van der Waals surface area contributed by atoms with Crippen LogP contribution in [0.15, 0.2) is 0 Å². The van der Waals surface area contributed by atoms with Gasteiger partial charge in [0.25, 0.3) is 5.92 Å². The zero-order valence-electron chi connectivity index (χ0n) is 5.51. The van der Waals surface area contributed by atoms with Gasteiger partial charge in [0.05, 0.1) is 6.42 Å². The topological polar surface area (TPSA) is 0 Å². The number of hydrogen-bond acceptors (Lipinski definition) is 0. The van der Waals surface area contributed by atoms with Crippen LogP contribution >= 0.6 is 0 Å². The SMILES string of the molecule is F[CH]C(F)(F)CC(F)(F)C(F)F. The Morgan fingerprint density at radius 2 is 1.50 bits per heavy atom. The van der Waals surface area contributed by atoms with Gasteiger partial charge < -0.3 is 0 Å². The van der Waals surface area contributed by atoms with Gasteiger partial charge >= 0.3 is 12.3 Å². The molecule has 7 heteroatoms. The molecular formula is C5H4F7. The largest absolute Gasteiger partial charge is 0.313 e. The van der Waals surface area contributed by atoms with Crippen LogP contribution in [-0.2, 0) is 0 Å². The lowest BCUT2D eigenvalue weighted by Crippen LogP contribution is -2.34. The molecule has 0 spiro atoms. The van der Waals surface area contributed by atoms with E-state index < -0.39 is 31.4 Å². The summed E-state index contributed by atoms with van der Waals surface area (Å²) in [6.07, 6.45) is -6.74. The third-order valence-electron chi connectivity index (χ3n) is 0.950. The molecule has 0 aliphatic heterocycles. The van der Waals surface area contributed by atoms with Crippen LogP contribution in [0, 0.1) is 6.67 Å². The van der Waals surface area contributed by atoms with Gasteiger partial charge in [-0.15, -0.1) is 0 Å². The van der Waals surface area contributed by atoms with Crippen LogP contribution < -0.4 is 0 Å². The molecule has 0 unspecified atom stereocenters. The van der Waals surface area contributed by atoms with E-state index in [0.29, 0.717) is 0 Å². The minimum atomic E-state index is -4.87. The summed E-state index contributed by atoms with van der Waals surface area (Å²) in [4.78, 5) is 0. The molecular weight excluding hydrogens is 193 g/mol. The molecule has 0 amide bonds. The Labute approximate surface area is 63.4 Å². The maximum atomic E-state index is 11.8. The van der Waals surface area contributed by atoms with Crippen molar-refractivity contribution in [2.45, 2.75) is 24.7 Å². The molecule has 0 N–H and O–H groups in total. The minimum absolute atomic E-state index is 1.33. The number of hydrogen-bond donors (Lipinski definition) is 0. The van der Waals surface area contributed by atoms with Crippen molar-refractivity contribution in [2.24, 2.45) is 0 Å². The average Bonchev–Trinajstić information content (AvgIpc) is 1.85. The summed E-state index contributed by atoms with van der Waals surface area (Å²) in [5, 5.41) is 0. The first-order valence-corrected chi connectivity index (χ1v) is 2.70. The van der Waals surface area contributed by atoms with Crippen LogP contribution in [0.5, 0.6) is 0 Å². The van der Waals surface area contributed by atoms with Gasteiger partial charge in [-0.3, -0.25) is 0 Å². The molecule has 0 nitrogen and oxygen atoms in total. The van der Waals surface area contributed by atoms with Crippen molar-refractivity contribution >= 4 is 0 Å². The molecule has 1 radical (unpaired) electrons. The molecule has 0 rings (SSSR count). The van der Waals surface area contributed by atoms with Crippen molar-refractivity contribution in [1.29, 1.82) is 0 Å². The van der Waals surface area contributed by atoms with Crippen molar-refractivity contribution in [3.63, 3.8) is 0 Å². The van der Waals surface area contributed by atoms with E-state index in [1.165, 1.54) is 0 Å². The zero-order valence-corrected chi connectivity index (χ0v) is 5.51. The molecule has 0 bridgehead atoms. The molecule has 0 aliphatic carbocycles. The fourth-order valence-corrected chi connectivity index (χ4v) is 0.430. The summed E-state index contributed by atoms with van der Waals surface area (Å²) in [6, 6.07) is 0. The van der Waals surface area contributed by atoms with Crippen molar-refractivity contribution in [2.75, 3.05) is 0 Å². The van der Waals surface area contributed by atoms with Gasteiger partial charge in [-0.25, -0.2) is 30.7 Å². The predicted octanol–water partition coefficient (Wildman–Crippen LogP) is 3.04. The average molecular weight is 197 g/mol. The van der Waals surface area contributed by atoms with Crippen molar-refractivity contribution in [3.05, 3.63) is 6.67 Å². The summed E-state index contributed by atoms with van der Waals surface area (Å²) in [7, 11) is 0. The van der Waals surface area contributed by atoms with Gasteiger partial charge in [0.1, 0.15) is 0 Å². The van der Waals surface area contributed by atoms with E-state index in [1.54, 1.807) is 0 Å². The van der Waals surface area contributed by atoms with E-state index in [0.717, 1.165) is 0 Å². The highest BCUT2D eigenvalue weighted by atomic mass is 19.3. The van der Waals surface area contributed by atoms with Gasteiger partial charge in [0.15, 0.2) is 0 Å². The molecule has 0 aromatic rings. The molecule has 12 heavy (non-hydrogen) atoms. The summed E-state index contributed by atoms with van der Waals surface area (Å²) in [5.74, 6) is -9.38. The molecule has 73 valence electrons. The highest BCUT2D eigenvalue weighted by molar-refractivity contribution is 4.84. The quantitative estimate of drug-likeness (QED) is 0.607. The lowest BCUT2D eigenvalue weighted by molar-refractivity contribution is -0.174. The van der Waals surface area contributed by atoms with Crippen molar-refractivity contribution in [1.82, 2.24) is 0 Å². The van der Waals surface area contributed by atoms with E-state index >= 15 is 0 Å². The van der Waals surface area contributed by atoms with Crippen LogP contribution in [0.4, 0.5) is 30.7 Å². The van der Waals surface area contributed by atoms with Crippen LogP contribution in [0.2, 0.25) is 0 Å². The Bertz CT molecular complexity index is 141. The molecule has 0 atom stereocenters. The van der Waals surface area contributed by atoms with Crippen LogP contribution in [0.1, 0.15) is 6.42 Å². The third kappa shape index (κ3) is 3.27. The number of alkyl halides is 6. The van der Waals surface area contributed by atoms with E-state index in [1.807, 2.05) is 0 Å². The minimum Gasteiger partial charge on any atom is -0.237 e. The van der Waals surface area contributed by atoms with E-state index in [2.05, 4.69) is 0 Å². The molecule has 0 saturated heterocycles. The smallest absolute Gasteiger partial charge is 0.237 e. The van der Waals surface area contributed by atoms with Gasteiger partial charge in [0, 0.05) is 0 Å². The van der Waals surface area contributed by atoms with E-state index in [-0.39, 0.29) is 0 Å². The molecule has 0 aromatic heterocycles. The molecule has 0 aliphatic rings. The van der Waals surface area contributed by atoms with E-state index in [4.69, 9.17) is 0 Å². The first kappa shape index (κ1) is 11.5. The summed E-state index contributed by atoms with van der Waals surface area (Å²) in [5.41, 5.74) is 0. The second-order valence-electron chi connectivity index (χ2n) is 2.11. The third-order valence-corrected chi connectivity index (χ3v) is 0.950. The number of halogens is 7. The molecule has 0 aromatic carbocycles. The standard InChI is InChI=1S/C5H4F7/c6-2-4(9,10)1-5(11,12)3(7)8/h2-3H,1H2. The molecule has 0 fully saturated rings. The lowest BCUT2D eigenvalue weighted by atomic mass is 10.1. The Morgan fingerprint density at radius 1 is 1.08 bits per heavy atom. The summed E-state index contributed by atoms with van der Waals surface area (Å²) < 4.78 is 80.8. The maximum Gasteiger partial charge on any atom is 0.313 e. The highest BCUT2D eigenvalue weighted by Crippen LogP contribution is 2.36. The maximum absolute atomic E-state index is 11.8. The van der Waals surface area contributed by atoms with Gasteiger partial charge in [-0.2, -0.15) is 0 Å². The lowest BCUT2D eigenvalue weighted by Gasteiger charge is -2.19. The van der Waals surface area contributed by atoms with Gasteiger partial charge in [-0.1, -0.05) is 0 Å². The monoisotopic (exact) mass is 197 g/mol. The second kappa shape index (κ2) is 3.49. The number of rotatable bonds is 4. The molecule has 0 saturated carbocycles. The summed E-state index contributed by atoms with van der Waals surface area (Å²) in [6.45, 7) is -1.33. The fourth-order valence-electron chi connectivity index (χ4n) is 0.430. The highest BCUT2D eigenvalue weighted by Gasteiger charge is 2.50. The Kier molecular flexibility index (Phi) is 3.34. The normalized spacial score (nSPS) is 14.0.